The number of benzene rings is 1. The molecule has 1 aromatic rings. The van der Waals surface area contributed by atoms with Gasteiger partial charge in [-0.25, -0.2) is 4.79 Å². The zero-order valence-electron chi connectivity index (χ0n) is 11.9. The molecule has 1 atom stereocenters. The standard InChI is InChI=1S/C15H19NO5/c1-2-7-21-12-5-3-4-11(9-12)14(17)16-6-8-20-10-13(16)15(18)19/h3-5,9,13H,2,6-8,10H2,1H3,(H,18,19). The molecule has 114 valence electrons. The summed E-state index contributed by atoms with van der Waals surface area (Å²) in [5.41, 5.74) is 0.428. The normalized spacial score (nSPS) is 18.3. The molecule has 1 unspecified atom stereocenters. The minimum atomic E-state index is -1.05. The molecule has 1 aliphatic rings. The minimum absolute atomic E-state index is 0.0209. The zero-order valence-corrected chi connectivity index (χ0v) is 11.9. The molecule has 21 heavy (non-hydrogen) atoms. The number of carboxylic acids is 1. The largest absolute Gasteiger partial charge is 0.494 e. The first-order valence-corrected chi connectivity index (χ1v) is 6.98. The topological polar surface area (TPSA) is 76.1 Å². The van der Waals surface area contributed by atoms with Crippen LogP contribution in [0.1, 0.15) is 23.7 Å². The van der Waals surface area contributed by atoms with E-state index in [0.29, 0.717) is 24.5 Å². The average Bonchev–Trinajstić information content (AvgIpc) is 2.52. The van der Waals surface area contributed by atoms with Gasteiger partial charge < -0.3 is 19.5 Å². The number of aliphatic carboxylic acids is 1. The van der Waals surface area contributed by atoms with Crippen LogP contribution in [-0.4, -0.2) is 54.3 Å². The van der Waals surface area contributed by atoms with Crippen molar-refractivity contribution in [3.8, 4) is 5.75 Å². The zero-order chi connectivity index (χ0) is 15.2. The number of carbonyl (C=O) groups is 2. The lowest BCUT2D eigenvalue weighted by Gasteiger charge is -2.32. The molecule has 2 rings (SSSR count). The van der Waals surface area contributed by atoms with Gasteiger partial charge in [-0.1, -0.05) is 13.0 Å². The van der Waals surface area contributed by atoms with E-state index in [4.69, 9.17) is 9.47 Å². The molecular formula is C15H19NO5. The maximum absolute atomic E-state index is 12.5. The first-order valence-electron chi connectivity index (χ1n) is 6.98. The summed E-state index contributed by atoms with van der Waals surface area (Å²) >= 11 is 0. The predicted molar refractivity (Wildman–Crippen MR) is 75.5 cm³/mol. The number of carboxylic acid groups (broad SMARTS) is 1. The van der Waals surface area contributed by atoms with Crippen molar-refractivity contribution in [2.45, 2.75) is 19.4 Å². The number of rotatable bonds is 5. The third-order valence-electron chi connectivity index (χ3n) is 3.23. The van der Waals surface area contributed by atoms with Crippen LogP contribution >= 0.6 is 0 Å². The molecule has 0 aliphatic carbocycles. The number of carbonyl (C=O) groups excluding carboxylic acids is 1. The molecule has 1 aliphatic heterocycles. The van der Waals surface area contributed by atoms with Crippen molar-refractivity contribution < 1.29 is 24.2 Å². The number of morpholine rings is 1. The van der Waals surface area contributed by atoms with Gasteiger partial charge in [-0.2, -0.15) is 0 Å². The molecule has 0 aromatic heterocycles. The van der Waals surface area contributed by atoms with E-state index >= 15 is 0 Å². The fraction of sp³-hybridized carbons (Fsp3) is 0.467. The maximum Gasteiger partial charge on any atom is 0.328 e. The lowest BCUT2D eigenvalue weighted by Crippen LogP contribution is -2.52. The summed E-state index contributed by atoms with van der Waals surface area (Å²) in [6.07, 6.45) is 0.878. The van der Waals surface area contributed by atoms with E-state index in [1.807, 2.05) is 6.92 Å². The van der Waals surface area contributed by atoms with E-state index in [9.17, 15) is 14.7 Å². The Labute approximate surface area is 123 Å². The van der Waals surface area contributed by atoms with Crippen LogP contribution < -0.4 is 4.74 Å². The highest BCUT2D eigenvalue weighted by atomic mass is 16.5. The third-order valence-corrected chi connectivity index (χ3v) is 3.23. The molecule has 1 saturated heterocycles. The Morgan fingerprint density at radius 1 is 1.48 bits per heavy atom. The van der Waals surface area contributed by atoms with Gasteiger partial charge in [0.25, 0.3) is 5.91 Å². The van der Waals surface area contributed by atoms with Gasteiger partial charge in [0, 0.05) is 12.1 Å². The molecule has 1 fully saturated rings. The van der Waals surface area contributed by atoms with Gasteiger partial charge in [-0.15, -0.1) is 0 Å². The highest BCUT2D eigenvalue weighted by Gasteiger charge is 2.33. The second-order valence-corrected chi connectivity index (χ2v) is 4.80. The second kappa shape index (κ2) is 7.08. The summed E-state index contributed by atoms with van der Waals surface area (Å²) in [6, 6.07) is 5.88. The molecule has 1 aromatic carbocycles. The lowest BCUT2D eigenvalue weighted by atomic mass is 10.1. The van der Waals surface area contributed by atoms with Crippen molar-refractivity contribution >= 4 is 11.9 Å². The first kappa shape index (κ1) is 15.3. The Bertz CT molecular complexity index is 517. The Morgan fingerprint density at radius 3 is 3.00 bits per heavy atom. The van der Waals surface area contributed by atoms with Gasteiger partial charge in [0.05, 0.1) is 19.8 Å². The molecule has 6 heteroatoms. The van der Waals surface area contributed by atoms with E-state index in [1.165, 1.54) is 4.90 Å². The van der Waals surface area contributed by atoms with Crippen molar-refractivity contribution in [3.05, 3.63) is 29.8 Å². The molecule has 1 heterocycles. The molecule has 1 amide bonds. The highest BCUT2D eigenvalue weighted by Crippen LogP contribution is 2.18. The van der Waals surface area contributed by atoms with Crippen molar-refractivity contribution in [2.24, 2.45) is 0 Å². The highest BCUT2D eigenvalue weighted by molar-refractivity contribution is 5.97. The van der Waals surface area contributed by atoms with E-state index in [1.54, 1.807) is 24.3 Å². The van der Waals surface area contributed by atoms with E-state index in [0.717, 1.165) is 6.42 Å². The smallest absolute Gasteiger partial charge is 0.328 e. The van der Waals surface area contributed by atoms with Gasteiger partial charge in [0.2, 0.25) is 0 Å². The van der Waals surface area contributed by atoms with Crippen molar-refractivity contribution in [2.75, 3.05) is 26.4 Å². The van der Waals surface area contributed by atoms with Crippen LogP contribution in [0.4, 0.5) is 0 Å². The fourth-order valence-corrected chi connectivity index (χ4v) is 2.16. The number of hydrogen-bond donors (Lipinski definition) is 1. The summed E-state index contributed by atoms with van der Waals surface area (Å²) in [5, 5.41) is 9.18. The molecule has 1 N–H and O–H groups in total. The van der Waals surface area contributed by atoms with Crippen LogP contribution in [0.3, 0.4) is 0 Å². The van der Waals surface area contributed by atoms with Crippen LogP contribution in [0.2, 0.25) is 0 Å². The third kappa shape index (κ3) is 3.72. The van der Waals surface area contributed by atoms with Gasteiger partial charge >= 0.3 is 5.97 Å². The van der Waals surface area contributed by atoms with Crippen LogP contribution in [0.25, 0.3) is 0 Å². The van der Waals surface area contributed by atoms with Crippen LogP contribution in [0.15, 0.2) is 24.3 Å². The quantitative estimate of drug-likeness (QED) is 0.888. The summed E-state index contributed by atoms with van der Waals surface area (Å²) in [4.78, 5) is 25.0. The Morgan fingerprint density at radius 2 is 2.29 bits per heavy atom. The summed E-state index contributed by atoms with van der Waals surface area (Å²) in [6.45, 7) is 3.22. The van der Waals surface area contributed by atoms with Gasteiger partial charge in [0.1, 0.15) is 5.75 Å². The summed E-state index contributed by atoms with van der Waals surface area (Å²) in [5.74, 6) is -0.753. The van der Waals surface area contributed by atoms with Crippen LogP contribution in [0.5, 0.6) is 5.75 Å². The lowest BCUT2D eigenvalue weighted by molar-refractivity contribution is -0.147. The molecule has 0 radical (unpaired) electrons. The average molecular weight is 293 g/mol. The Kier molecular flexibility index (Phi) is 5.16. The number of nitrogens with zero attached hydrogens (tertiary/aromatic N) is 1. The summed E-state index contributed by atoms with van der Waals surface area (Å²) in [7, 11) is 0. The monoisotopic (exact) mass is 293 g/mol. The molecule has 0 spiro atoms. The maximum atomic E-state index is 12.5. The first-order chi connectivity index (χ1) is 10.1. The minimum Gasteiger partial charge on any atom is -0.494 e. The predicted octanol–water partition coefficient (Wildman–Crippen LogP) is 1.40. The summed E-state index contributed by atoms with van der Waals surface area (Å²) < 4.78 is 10.6. The second-order valence-electron chi connectivity index (χ2n) is 4.80. The molecular weight excluding hydrogens is 274 g/mol. The SMILES string of the molecule is CCCOc1cccc(C(=O)N2CCOCC2C(=O)O)c1. The fourth-order valence-electron chi connectivity index (χ4n) is 2.16. The number of hydrogen-bond acceptors (Lipinski definition) is 4. The van der Waals surface area contributed by atoms with E-state index < -0.39 is 12.0 Å². The van der Waals surface area contributed by atoms with Crippen molar-refractivity contribution in [3.63, 3.8) is 0 Å². The number of amides is 1. The van der Waals surface area contributed by atoms with E-state index in [-0.39, 0.29) is 19.1 Å². The van der Waals surface area contributed by atoms with Gasteiger partial charge in [-0.05, 0) is 24.6 Å². The Balaban J connectivity index is 2.16. The van der Waals surface area contributed by atoms with Crippen molar-refractivity contribution in [1.82, 2.24) is 4.90 Å². The van der Waals surface area contributed by atoms with Crippen molar-refractivity contribution in [1.29, 1.82) is 0 Å². The molecule has 0 saturated carbocycles. The molecule has 0 bridgehead atoms. The Hall–Kier alpha value is -2.08. The number of ether oxygens (including phenoxy) is 2. The molecule has 6 nitrogen and oxygen atoms in total. The van der Waals surface area contributed by atoms with Crippen LogP contribution in [0, 0.1) is 0 Å². The van der Waals surface area contributed by atoms with E-state index in [2.05, 4.69) is 0 Å². The van der Waals surface area contributed by atoms with Gasteiger partial charge in [0.15, 0.2) is 6.04 Å². The van der Waals surface area contributed by atoms with Crippen LogP contribution in [-0.2, 0) is 9.53 Å². The van der Waals surface area contributed by atoms with Gasteiger partial charge in [-0.3, -0.25) is 4.79 Å².